The van der Waals surface area contributed by atoms with Crippen molar-refractivity contribution in [3.8, 4) is 35.4 Å². The molecule has 2 aromatic heterocycles. The first kappa shape index (κ1) is 32.1. The van der Waals surface area contributed by atoms with Gasteiger partial charge in [0.1, 0.15) is 28.6 Å². The Labute approximate surface area is 284 Å². The standard InChI is InChI=1S/C38H41F2N5O4/c1-2-27-30(39)10-9-24-19-26(46)20-28(32(24)27)34-33(40)35-29(21-41-34)36(44-13-6-17-47-18-15-44)43-37(42-35)49-23-38-11-3-8-31(38)45(14-5-12-38)25-7-4-16-48-22-25/h1,9-10,19-21,25,31,46H,3-8,11-18,22-23H2. The summed E-state index contributed by atoms with van der Waals surface area (Å²) in [5.74, 6) is 1.46. The van der Waals surface area contributed by atoms with E-state index in [9.17, 15) is 9.50 Å². The number of hydrogen-bond donors (Lipinski definition) is 1. The van der Waals surface area contributed by atoms with E-state index in [-0.39, 0.29) is 44.9 Å². The zero-order valence-corrected chi connectivity index (χ0v) is 27.6. The molecule has 8 rings (SSSR count). The molecular weight excluding hydrogens is 628 g/mol. The Morgan fingerprint density at radius 2 is 1.88 bits per heavy atom. The highest BCUT2D eigenvalue weighted by molar-refractivity contribution is 6.03. The lowest BCUT2D eigenvalue weighted by molar-refractivity contribution is -0.0611. The molecule has 4 aromatic rings. The molecule has 0 radical (unpaired) electrons. The number of terminal acetylenes is 1. The minimum absolute atomic E-state index is 0.0301. The lowest BCUT2D eigenvalue weighted by Gasteiger charge is -2.49. The van der Waals surface area contributed by atoms with Crippen LogP contribution in [0.5, 0.6) is 11.8 Å². The van der Waals surface area contributed by atoms with E-state index in [0.717, 1.165) is 71.1 Å². The van der Waals surface area contributed by atoms with Crippen LogP contribution >= 0.6 is 0 Å². The second-order valence-corrected chi connectivity index (χ2v) is 13.9. The maximum absolute atomic E-state index is 16.9. The van der Waals surface area contributed by atoms with Gasteiger partial charge in [-0.15, -0.1) is 6.42 Å². The number of hydrogen-bond acceptors (Lipinski definition) is 9. The van der Waals surface area contributed by atoms with E-state index in [1.54, 1.807) is 6.20 Å². The Morgan fingerprint density at radius 3 is 2.73 bits per heavy atom. The molecule has 1 N–H and O–H groups in total. The van der Waals surface area contributed by atoms with Gasteiger partial charge in [-0.2, -0.15) is 9.97 Å². The van der Waals surface area contributed by atoms with Gasteiger partial charge in [0.25, 0.3) is 0 Å². The third-order valence-electron chi connectivity index (χ3n) is 11.1. The molecule has 4 aliphatic rings. The van der Waals surface area contributed by atoms with Crippen LogP contribution in [0.2, 0.25) is 0 Å². The molecule has 11 heteroatoms. The van der Waals surface area contributed by atoms with Crippen molar-refractivity contribution >= 4 is 27.5 Å². The van der Waals surface area contributed by atoms with Gasteiger partial charge in [-0.25, -0.2) is 8.78 Å². The lowest BCUT2D eigenvalue weighted by atomic mass is 9.74. The Hall–Kier alpha value is -4.11. The number of likely N-dealkylation sites (tertiary alicyclic amines) is 1. The van der Waals surface area contributed by atoms with Crippen molar-refractivity contribution in [3.63, 3.8) is 0 Å². The monoisotopic (exact) mass is 669 g/mol. The van der Waals surface area contributed by atoms with Crippen LogP contribution in [0.3, 0.4) is 0 Å². The second-order valence-electron chi connectivity index (χ2n) is 13.9. The molecule has 3 saturated heterocycles. The van der Waals surface area contributed by atoms with E-state index in [1.165, 1.54) is 24.3 Å². The van der Waals surface area contributed by atoms with Crippen LogP contribution in [0.25, 0.3) is 32.9 Å². The highest BCUT2D eigenvalue weighted by Gasteiger charge is 2.50. The van der Waals surface area contributed by atoms with Gasteiger partial charge >= 0.3 is 6.01 Å². The minimum atomic E-state index is -0.728. The maximum atomic E-state index is 16.9. The summed E-state index contributed by atoms with van der Waals surface area (Å²) in [7, 11) is 0. The van der Waals surface area contributed by atoms with Crippen molar-refractivity contribution in [1.82, 2.24) is 19.9 Å². The number of phenolic OH excluding ortho intramolecular Hbond substituents is 1. The largest absolute Gasteiger partial charge is 0.508 e. The Bertz CT molecular complexity index is 1920. The lowest BCUT2D eigenvalue weighted by Crippen LogP contribution is -2.57. The predicted octanol–water partition coefficient (Wildman–Crippen LogP) is 6.23. The van der Waals surface area contributed by atoms with E-state index >= 15 is 4.39 Å². The van der Waals surface area contributed by atoms with Gasteiger partial charge < -0.3 is 24.2 Å². The molecule has 1 aliphatic carbocycles. The van der Waals surface area contributed by atoms with Crippen molar-refractivity contribution in [2.24, 2.45) is 5.41 Å². The quantitative estimate of drug-likeness (QED) is 0.240. The van der Waals surface area contributed by atoms with Crippen LogP contribution in [-0.2, 0) is 9.47 Å². The molecule has 3 atom stereocenters. The minimum Gasteiger partial charge on any atom is -0.508 e. The molecule has 0 bridgehead atoms. The van der Waals surface area contributed by atoms with Crippen molar-refractivity contribution in [1.29, 1.82) is 0 Å². The average molecular weight is 670 g/mol. The number of rotatable bonds is 6. The highest BCUT2D eigenvalue weighted by Crippen LogP contribution is 2.49. The van der Waals surface area contributed by atoms with Gasteiger partial charge in [0.05, 0.1) is 30.8 Å². The van der Waals surface area contributed by atoms with Crippen LogP contribution in [0.15, 0.2) is 30.5 Å². The number of aromatic hydroxyl groups is 1. The molecule has 0 spiro atoms. The van der Waals surface area contributed by atoms with E-state index in [2.05, 4.69) is 25.7 Å². The van der Waals surface area contributed by atoms with Crippen molar-refractivity contribution < 1.29 is 28.1 Å². The number of nitrogens with zero attached hydrogens (tertiary/aromatic N) is 5. The third kappa shape index (κ3) is 5.83. The van der Waals surface area contributed by atoms with Gasteiger partial charge in [-0.1, -0.05) is 18.4 Å². The number of benzene rings is 2. The van der Waals surface area contributed by atoms with E-state index < -0.39 is 11.6 Å². The summed E-state index contributed by atoms with van der Waals surface area (Å²) in [4.78, 5) is 18.9. The number of fused-ring (bicyclic) bond motifs is 3. The van der Waals surface area contributed by atoms with Crippen LogP contribution in [-0.4, -0.2) is 89.7 Å². The van der Waals surface area contributed by atoms with Crippen LogP contribution in [0.1, 0.15) is 56.9 Å². The molecule has 3 aliphatic heterocycles. The molecule has 4 fully saturated rings. The summed E-state index contributed by atoms with van der Waals surface area (Å²) < 4.78 is 50.0. The zero-order valence-electron chi connectivity index (χ0n) is 27.6. The molecule has 49 heavy (non-hydrogen) atoms. The predicted molar refractivity (Wildman–Crippen MR) is 183 cm³/mol. The topological polar surface area (TPSA) is 93.1 Å². The van der Waals surface area contributed by atoms with Gasteiger partial charge in [-0.05, 0) is 75.1 Å². The molecule has 5 heterocycles. The summed E-state index contributed by atoms with van der Waals surface area (Å²) in [6.07, 6.45) is 15.8. The number of pyridine rings is 1. The molecule has 0 amide bonds. The first-order valence-electron chi connectivity index (χ1n) is 17.5. The summed E-state index contributed by atoms with van der Waals surface area (Å²) in [5, 5.41) is 11.8. The summed E-state index contributed by atoms with van der Waals surface area (Å²) >= 11 is 0. The molecule has 9 nitrogen and oxygen atoms in total. The number of aromatic nitrogens is 3. The van der Waals surface area contributed by atoms with Gasteiger partial charge in [0.2, 0.25) is 0 Å². The highest BCUT2D eigenvalue weighted by atomic mass is 19.1. The van der Waals surface area contributed by atoms with E-state index in [4.69, 9.17) is 25.6 Å². The second kappa shape index (κ2) is 13.3. The molecule has 256 valence electrons. The maximum Gasteiger partial charge on any atom is 0.319 e. The fraction of sp³-hybridized carbons (Fsp3) is 0.500. The molecular formula is C38H41F2N5O4. The third-order valence-corrected chi connectivity index (χ3v) is 11.1. The van der Waals surface area contributed by atoms with Gasteiger partial charge in [0.15, 0.2) is 5.82 Å². The van der Waals surface area contributed by atoms with Crippen molar-refractivity contribution in [2.45, 2.75) is 63.5 Å². The van der Waals surface area contributed by atoms with E-state index in [1.807, 2.05) is 0 Å². The average Bonchev–Trinajstić information content (AvgIpc) is 3.37. The van der Waals surface area contributed by atoms with Gasteiger partial charge in [0, 0.05) is 60.9 Å². The van der Waals surface area contributed by atoms with Crippen LogP contribution in [0.4, 0.5) is 14.6 Å². The first-order chi connectivity index (χ1) is 24.0. The fourth-order valence-corrected chi connectivity index (χ4v) is 8.80. The number of anilines is 1. The fourth-order valence-electron chi connectivity index (χ4n) is 8.80. The summed E-state index contributed by atoms with van der Waals surface area (Å²) in [6, 6.07) is 6.51. The number of piperidine rings is 1. The Kier molecular flexibility index (Phi) is 8.72. The first-order valence-corrected chi connectivity index (χ1v) is 17.5. The van der Waals surface area contributed by atoms with Gasteiger partial charge in [-0.3, -0.25) is 9.88 Å². The number of ether oxygens (including phenoxy) is 3. The normalized spacial score (nSPS) is 24.9. The molecule has 2 aromatic carbocycles. The zero-order chi connectivity index (χ0) is 33.5. The Balaban J connectivity index is 1.21. The summed E-state index contributed by atoms with van der Waals surface area (Å²) in [5.41, 5.74) is 0.0440. The number of phenols is 1. The Morgan fingerprint density at radius 1 is 1.00 bits per heavy atom. The van der Waals surface area contributed by atoms with Crippen molar-refractivity contribution in [3.05, 3.63) is 47.7 Å². The smallest absolute Gasteiger partial charge is 0.319 e. The van der Waals surface area contributed by atoms with Crippen LogP contribution < -0.4 is 9.64 Å². The molecule has 3 unspecified atom stereocenters. The van der Waals surface area contributed by atoms with Crippen LogP contribution in [0, 0.1) is 29.4 Å². The summed E-state index contributed by atoms with van der Waals surface area (Å²) in [6.45, 7) is 5.51. The number of halogens is 2. The van der Waals surface area contributed by atoms with E-state index in [0.29, 0.717) is 61.6 Å². The van der Waals surface area contributed by atoms with Crippen molar-refractivity contribution in [2.75, 3.05) is 57.6 Å². The molecule has 1 saturated carbocycles. The SMILES string of the molecule is C#Cc1c(F)ccc2cc(O)cc(-c3ncc4c(N5CCCOCC5)nc(OCC56CCCC5N(C5CCCOC5)CCC6)nc4c3F)c12.